The number of hydrogen-bond acceptors (Lipinski definition) is 12. The van der Waals surface area contributed by atoms with Crippen molar-refractivity contribution in [1.82, 2.24) is 5.32 Å². The lowest BCUT2D eigenvalue weighted by atomic mass is 9.83. The molecule has 0 bridgehead atoms. The zero-order valence-electron chi connectivity index (χ0n) is 19.4. The zero-order valence-corrected chi connectivity index (χ0v) is 19.4. The van der Waals surface area contributed by atoms with E-state index in [4.69, 9.17) is 18.9 Å². The number of nitrogens with one attached hydrogen (secondary N) is 1. The van der Waals surface area contributed by atoms with Crippen LogP contribution in [0.5, 0.6) is 11.5 Å². The van der Waals surface area contributed by atoms with Crippen molar-refractivity contribution in [2.45, 2.75) is 75.0 Å². The second-order valence-electron chi connectivity index (χ2n) is 9.04. The number of benzene rings is 1. The summed E-state index contributed by atoms with van der Waals surface area (Å²) in [5, 5.41) is 63.9. The van der Waals surface area contributed by atoms with Gasteiger partial charge in [-0.1, -0.05) is 6.07 Å². The molecule has 1 amide bonds. The largest absolute Gasteiger partial charge is 0.504 e. The molecule has 198 valence electrons. The maximum atomic E-state index is 12.7. The monoisotopic (exact) mass is 511 g/mol. The average Bonchev–Trinajstić information content (AvgIpc) is 3.43. The van der Waals surface area contributed by atoms with E-state index < -0.39 is 72.9 Å². The van der Waals surface area contributed by atoms with Crippen LogP contribution < -0.4 is 10.1 Å². The van der Waals surface area contributed by atoms with E-state index in [0.717, 1.165) is 0 Å². The number of aliphatic hydroxyl groups excluding tert-OH is 5. The van der Waals surface area contributed by atoms with Crippen molar-refractivity contribution >= 4 is 17.8 Å². The first kappa shape index (κ1) is 26.4. The number of phenolic OH excluding ortho intramolecular Hbond substituents is 1. The number of amides is 1. The maximum absolute atomic E-state index is 12.7. The van der Waals surface area contributed by atoms with E-state index in [-0.39, 0.29) is 23.9 Å². The van der Waals surface area contributed by atoms with Crippen LogP contribution in [0.1, 0.15) is 19.4 Å². The van der Waals surface area contributed by atoms with Crippen molar-refractivity contribution in [1.29, 1.82) is 0 Å². The molecule has 2 heterocycles. The minimum absolute atomic E-state index is 0.0921. The molecule has 3 unspecified atom stereocenters. The van der Waals surface area contributed by atoms with Gasteiger partial charge in [0.05, 0.1) is 6.04 Å². The van der Waals surface area contributed by atoms with Crippen molar-refractivity contribution in [3.63, 3.8) is 0 Å². The number of rotatable bonds is 6. The van der Waals surface area contributed by atoms with E-state index in [2.05, 4.69) is 5.32 Å². The van der Waals surface area contributed by atoms with Crippen LogP contribution in [-0.4, -0.2) is 110 Å². The summed E-state index contributed by atoms with van der Waals surface area (Å²) in [6.07, 6.45) is -10.2. The Labute approximate surface area is 205 Å². The highest BCUT2D eigenvalue weighted by molar-refractivity contribution is 5.97. The summed E-state index contributed by atoms with van der Waals surface area (Å²) in [4.78, 5) is 24.2. The molecule has 0 spiro atoms. The molecule has 10 atom stereocenters. The molecule has 1 aromatic rings. The topological polar surface area (TPSA) is 204 Å². The SMILES string of the molecule is CC(=O)[C@H]1OC(Oc2ccc(/C=C(\C)C(=O)NC3[C@@H](O)C4OCO[C@@H]4[C@H](O)[C@H]3O)cc2O)[C@@H](O)[C@@H]1O. The standard InChI is InChI=1S/C23H29NO12/c1-8(22(32)24-13-14(27)16(29)21-20(15(13)28)33-7-34-21)5-10-3-4-12(11(26)6-10)35-23-18(31)17(30)19(36-23)9(2)25/h3-6,13-21,23,26-31H,7H2,1-2H3,(H,24,32)/b8-5+/t13?,14-,15+,16+,17-,18-,19+,20?,21+,23?/m0/s1. The molecule has 4 rings (SSSR count). The van der Waals surface area contributed by atoms with Gasteiger partial charge in [-0.2, -0.15) is 0 Å². The third-order valence-electron chi connectivity index (χ3n) is 6.49. The molecular weight excluding hydrogens is 482 g/mol. The van der Waals surface area contributed by atoms with E-state index in [1.54, 1.807) is 0 Å². The fourth-order valence-corrected chi connectivity index (χ4v) is 4.46. The number of aromatic hydroxyl groups is 1. The molecule has 3 fully saturated rings. The normalized spacial score (nSPS) is 38.5. The summed E-state index contributed by atoms with van der Waals surface area (Å²) >= 11 is 0. The predicted octanol–water partition coefficient (Wildman–Crippen LogP) is -2.47. The highest BCUT2D eigenvalue weighted by Gasteiger charge is 2.53. The summed E-state index contributed by atoms with van der Waals surface area (Å²) in [5.41, 5.74) is 0.545. The Morgan fingerprint density at radius 3 is 2.25 bits per heavy atom. The van der Waals surface area contributed by atoms with Crippen LogP contribution in [0.3, 0.4) is 0 Å². The van der Waals surface area contributed by atoms with Gasteiger partial charge in [-0.25, -0.2) is 0 Å². The molecule has 1 aliphatic carbocycles. The lowest BCUT2D eigenvalue weighted by molar-refractivity contribution is -0.155. The van der Waals surface area contributed by atoms with E-state index in [1.807, 2.05) is 0 Å². The molecule has 0 radical (unpaired) electrons. The summed E-state index contributed by atoms with van der Waals surface area (Å²) < 4.78 is 21.1. The highest BCUT2D eigenvalue weighted by Crippen LogP contribution is 2.33. The molecule has 13 heteroatoms. The number of carbonyl (C=O) groups is 2. The van der Waals surface area contributed by atoms with E-state index in [0.29, 0.717) is 5.56 Å². The summed E-state index contributed by atoms with van der Waals surface area (Å²) in [5.74, 6) is -1.59. The van der Waals surface area contributed by atoms with Crippen molar-refractivity contribution < 1.29 is 59.2 Å². The van der Waals surface area contributed by atoms with Gasteiger partial charge in [0.15, 0.2) is 17.3 Å². The highest BCUT2D eigenvalue weighted by atomic mass is 16.7. The number of Topliss-reactive ketones (excluding diaryl/α,β-unsaturated/α-hetero) is 1. The van der Waals surface area contributed by atoms with E-state index in [1.165, 1.54) is 38.1 Å². The van der Waals surface area contributed by atoms with Crippen molar-refractivity contribution in [2.75, 3.05) is 6.79 Å². The smallest absolute Gasteiger partial charge is 0.247 e. The van der Waals surface area contributed by atoms with Crippen LogP contribution >= 0.6 is 0 Å². The van der Waals surface area contributed by atoms with Crippen LogP contribution in [0.2, 0.25) is 0 Å². The van der Waals surface area contributed by atoms with Crippen molar-refractivity contribution in [3.05, 3.63) is 29.3 Å². The number of ether oxygens (including phenoxy) is 4. The van der Waals surface area contributed by atoms with Crippen molar-refractivity contribution in [3.8, 4) is 11.5 Å². The number of ketones is 1. The average molecular weight is 511 g/mol. The third-order valence-corrected chi connectivity index (χ3v) is 6.49. The molecule has 2 saturated heterocycles. The van der Waals surface area contributed by atoms with Gasteiger partial charge in [0, 0.05) is 5.57 Å². The summed E-state index contributed by atoms with van der Waals surface area (Å²) in [6.45, 7) is 2.52. The fraction of sp³-hybridized carbons (Fsp3) is 0.565. The van der Waals surface area contributed by atoms with Gasteiger partial charge in [0.25, 0.3) is 0 Å². The predicted molar refractivity (Wildman–Crippen MR) is 118 cm³/mol. The van der Waals surface area contributed by atoms with Crippen LogP contribution in [0.4, 0.5) is 0 Å². The molecule has 3 aliphatic rings. The second kappa shape index (κ2) is 10.4. The Bertz CT molecular complexity index is 1030. The maximum Gasteiger partial charge on any atom is 0.247 e. The van der Waals surface area contributed by atoms with Gasteiger partial charge in [-0.05, 0) is 37.6 Å². The fourth-order valence-electron chi connectivity index (χ4n) is 4.46. The Hall–Kier alpha value is -2.62. The quantitative estimate of drug-likeness (QED) is 0.199. The molecule has 0 aromatic heterocycles. The lowest BCUT2D eigenvalue weighted by Crippen LogP contribution is -2.67. The molecule has 36 heavy (non-hydrogen) atoms. The van der Waals surface area contributed by atoms with E-state index in [9.17, 15) is 40.2 Å². The van der Waals surface area contributed by atoms with Gasteiger partial charge in [0.1, 0.15) is 55.6 Å². The molecule has 7 N–H and O–H groups in total. The first-order chi connectivity index (χ1) is 17.0. The number of carbonyl (C=O) groups excluding carboxylic acids is 2. The van der Waals surface area contributed by atoms with Gasteiger partial charge >= 0.3 is 0 Å². The van der Waals surface area contributed by atoms with Gasteiger partial charge in [0.2, 0.25) is 12.2 Å². The molecule has 1 aromatic carbocycles. The van der Waals surface area contributed by atoms with Crippen LogP contribution in [-0.2, 0) is 23.8 Å². The first-order valence-corrected chi connectivity index (χ1v) is 11.3. The van der Waals surface area contributed by atoms with Crippen LogP contribution in [0.15, 0.2) is 23.8 Å². The Morgan fingerprint density at radius 1 is 0.972 bits per heavy atom. The summed E-state index contributed by atoms with van der Waals surface area (Å²) in [7, 11) is 0. The minimum Gasteiger partial charge on any atom is -0.504 e. The number of fused-ring (bicyclic) bond motifs is 1. The van der Waals surface area contributed by atoms with Crippen molar-refractivity contribution in [2.24, 2.45) is 0 Å². The van der Waals surface area contributed by atoms with Gasteiger partial charge in [-0.15, -0.1) is 0 Å². The second-order valence-corrected chi connectivity index (χ2v) is 9.04. The number of hydrogen-bond donors (Lipinski definition) is 7. The molecule has 13 nitrogen and oxygen atoms in total. The van der Waals surface area contributed by atoms with E-state index >= 15 is 0 Å². The minimum atomic E-state index is -1.51. The zero-order chi connectivity index (χ0) is 26.3. The van der Waals surface area contributed by atoms with Crippen LogP contribution in [0.25, 0.3) is 6.08 Å². The third kappa shape index (κ3) is 4.96. The van der Waals surface area contributed by atoms with Gasteiger partial charge < -0.3 is 54.9 Å². The summed E-state index contributed by atoms with van der Waals surface area (Å²) in [6, 6.07) is 2.90. The molecule has 2 aliphatic heterocycles. The van der Waals surface area contributed by atoms with Gasteiger partial charge in [-0.3, -0.25) is 9.59 Å². The number of aliphatic hydroxyl groups is 5. The Balaban J connectivity index is 1.41. The first-order valence-electron chi connectivity index (χ1n) is 11.3. The molecule has 1 saturated carbocycles. The molecular formula is C23H29NO12. The number of phenols is 1. The Morgan fingerprint density at radius 2 is 1.64 bits per heavy atom. The Kier molecular flexibility index (Phi) is 7.64. The van der Waals surface area contributed by atoms with Crippen LogP contribution in [0, 0.1) is 0 Å². The lowest BCUT2D eigenvalue weighted by Gasteiger charge is -2.41.